The van der Waals surface area contributed by atoms with Gasteiger partial charge >= 0.3 is 5.88 Å². The predicted molar refractivity (Wildman–Crippen MR) is 61.1 cm³/mol. The fraction of sp³-hybridized carbons (Fsp3) is 0.455. The Kier molecular flexibility index (Phi) is 4.25. The van der Waals surface area contributed by atoms with Gasteiger partial charge in [-0.05, 0) is 19.5 Å². The first-order valence-electron chi connectivity index (χ1n) is 5.12. The van der Waals surface area contributed by atoms with Crippen LogP contribution in [0.4, 0.5) is 5.88 Å². The fourth-order valence-corrected chi connectivity index (χ4v) is 1.43. The molecule has 0 radical (unpaired) electrons. The monoisotopic (exact) mass is 224 g/mol. The van der Waals surface area contributed by atoms with E-state index in [0.717, 1.165) is 18.7 Å². The Labute approximate surface area is 94.5 Å². The van der Waals surface area contributed by atoms with Crippen LogP contribution in [-0.2, 0) is 6.54 Å². The lowest BCUT2D eigenvalue weighted by Gasteiger charge is -2.18. The molecule has 0 saturated heterocycles. The molecule has 1 heterocycles. The summed E-state index contributed by atoms with van der Waals surface area (Å²) < 4.78 is 5.09. The van der Waals surface area contributed by atoms with Gasteiger partial charge in [0.05, 0.1) is 12.6 Å². The number of rotatable bonds is 6. The molecule has 0 unspecified atom stereocenters. The molecule has 88 valence electrons. The maximum atomic E-state index is 10.4. The van der Waals surface area contributed by atoms with Crippen molar-refractivity contribution in [1.82, 2.24) is 4.90 Å². The van der Waals surface area contributed by atoms with Gasteiger partial charge in [0, 0.05) is 6.54 Å². The Balaban J connectivity index is 2.63. The summed E-state index contributed by atoms with van der Waals surface area (Å²) in [6.07, 6.45) is 0. The summed E-state index contributed by atoms with van der Waals surface area (Å²) in [5.74, 6) is 0.399. The molecule has 0 N–H and O–H groups in total. The molecule has 0 atom stereocenters. The Morgan fingerprint density at radius 3 is 2.75 bits per heavy atom. The van der Waals surface area contributed by atoms with E-state index in [1.807, 2.05) is 13.8 Å². The van der Waals surface area contributed by atoms with Crippen molar-refractivity contribution in [1.29, 1.82) is 0 Å². The first-order valence-corrected chi connectivity index (χ1v) is 5.12. The minimum Gasteiger partial charge on any atom is -0.404 e. The van der Waals surface area contributed by atoms with Crippen LogP contribution in [0.1, 0.15) is 19.6 Å². The summed E-state index contributed by atoms with van der Waals surface area (Å²) in [5, 5.41) is 10.4. The van der Waals surface area contributed by atoms with Gasteiger partial charge in [-0.25, -0.2) is 0 Å². The second-order valence-electron chi connectivity index (χ2n) is 3.76. The minimum atomic E-state index is -0.529. The third kappa shape index (κ3) is 3.51. The molecule has 0 aliphatic heterocycles. The number of nitro groups is 1. The number of hydrogen-bond acceptors (Lipinski definition) is 4. The molecule has 0 spiro atoms. The lowest BCUT2D eigenvalue weighted by Crippen LogP contribution is -2.24. The quantitative estimate of drug-likeness (QED) is 0.423. The van der Waals surface area contributed by atoms with Crippen LogP contribution >= 0.6 is 0 Å². The van der Waals surface area contributed by atoms with Crippen LogP contribution < -0.4 is 0 Å². The summed E-state index contributed by atoms with van der Waals surface area (Å²) in [7, 11) is 0. The topological polar surface area (TPSA) is 59.5 Å². The number of hydrogen-bond donors (Lipinski definition) is 0. The van der Waals surface area contributed by atoms with Gasteiger partial charge in [-0.2, -0.15) is 0 Å². The zero-order chi connectivity index (χ0) is 12.1. The van der Waals surface area contributed by atoms with Gasteiger partial charge in [-0.15, -0.1) is 0 Å². The van der Waals surface area contributed by atoms with E-state index in [-0.39, 0.29) is 5.88 Å². The molecule has 1 rings (SSSR count). The van der Waals surface area contributed by atoms with Crippen LogP contribution in [0.15, 0.2) is 28.7 Å². The van der Waals surface area contributed by atoms with Crippen LogP contribution in [0.3, 0.4) is 0 Å². The fourth-order valence-electron chi connectivity index (χ4n) is 1.43. The van der Waals surface area contributed by atoms with Crippen molar-refractivity contribution in [3.8, 4) is 0 Å². The van der Waals surface area contributed by atoms with Gasteiger partial charge in [-0.1, -0.05) is 19.1 Å². The summed E-state index contributed by atoms with van der Waals surface area (Å²) in [6, 6.07) is 3.02. The van der Waals surface area contributed by atoms with E-state index in [1.54, 1.807) is 6.07 Å². The van der Waals surface area contributed by atoms with Gasteiger partial charge in [0.25, 0.3) is 0 Å². The minimum absolute atomic E-state index is 0.207. The van der Waals surface area contributed by atoms with E-state index < -0.39 is 4.92 Å². The van der Waals surface area contributed by atoms with Crippen molar-refractivity contribution < 1.29 is 9.34 Å². The molecule has 1 aromatic heterocycles. The molecule has 0 aliphatic rings. The van der Waals surface area contributed by atoms with Crippen molar-refractivity contribution in [3.63, 3.8) is 0 Å². The Bertz CT molecular complexity index is 384. The van der Waals surface area contributed by atoms with E-state index in [0.29, 0.717) is 12.3 Å². The number of likely N-dealkylation sites (N-methyl/N-ethyl adjacent to an activating group) is 1. The number of nitrogens with zero attached hydrogens (tertiary/aromatic N) is 2. The second kappa shape index (κ2) is 5.46. The predicted octanol–water partition coefficient (Wildman–Crippen LogP) is 2.59. The Morgan fingerprint density at radius 2 is 2.31 bits per heavy atom. The third-order valence-corrected chi connectivity index (χ3v) is 2.15. The van der Waals surface area contributed by atoms with Gasteiger partial charge in [-0.3, -0.25) is 15.0 Å². The van der Waals surface area contributed by atoms with Crippen molar-refractivity contribution in [2.24, 2.45) is 0 Å². The van der Waals surface area contributed by atoms with E-state index in [1.165, 1.54) is 6.07 Å². The standard InChI is InChI=1S/C11H16N2O3/c1-4-12(7-9(2)3)8-10-5-6-11(16-10)13(14)15/h5-6H,2,4,7-8H2,1,3H3. The maximum absolute atomic E-state index is 10.4. The molecule has 5 heteroatoms. The molecule has 0 aliphatic carbocycles. The molecule has 5 nitrogen and oxygen atoms in total. The maximum Gasteiger partial charge on any atom is 0.433 e. The van der Waals surface area contributed by atoms with Gasteiger partial charge in [0.15, 0.2) is 0 Å². The highest BCUT2D eigenvalue weighted by Crippen LogP contribution is 2.17. The largest absolute Gasteiger partial charge is 0.433 e. The van der Waals surface area contributed by atoms with Gasteiger partial charge in [0.1, 0.15) is 10.7 Å². The zero-order valence-electron chi connectivity index (χ0n) is 9.60. The van der Waals surface area contributed by atoms with Gasteiger partial charge in [0.2, 0.25) is 0 Å². The Hall–Kier alpha value is -1.62. The molecule has 0 saturated carbocycles. The molecule has 1 aromatic rings. The molecule has 0 bridgehead atoms. The smallest absolute Gasteiger partial charge is 0.404 e. The molecular formula is C11H16N2O3. The molecule has 16 heavy (non-hydrogen) atoms. The molecular weight excluding hydrogens is 208 g/mol. The average Bonchev–Trinajstić information content (AvgIpc) is 2.64. The highest BCUT2D eigenvalue weighted by molar-refractivity contribution is 5.17. The number of furan rings is 1. The van der Waals surface area contributed by atoms with E-state index in [2.05, 4.69) is 11.5 Å². The summed E-state index contributed by atoms with van der Waals surface area (Å²) in [5.41, 5.74) is 1.06. The van der Waals surface area contributed by atoms with Crippen LogP contribution in [0.25, 0.3) is 0 Å². The van der Waals surface area contributed by atoms with E-state index in [9.17, 15) is 10.1 Å². The summed E-state index contributed by atoms with van der Waals surface area (Å²) in [4.78, 5) is 12.0. The van der Waals surface area contributed by atoms with Gasteiger partial charge < -0.3 is 4.42 Å². The molecule has 0 aromatic carbocycles. The first kappa shape index (κ1) is 12.4. The van der Waals surface area contributed by atoms with Crippen LogP contribution in [0, 0.1) is 10.1 Å². The van der Waals surface area contributed by atoms with Crippen LogP contribution in [0.2, 0.25) is 0 Å². The Morgan fingerprint density at radius 1 is 1.62 bits per heavy atom. The lowest BCUT2D eigenvalue weighted by atomic mass is 10.3. The van der Waals surface area contributed by atoms with Crippen molar-refractivity contribution >= 4 is 5.88 Å². The van der Waals surface area contributed by atoms with E-state index in [4.69, 9.17) is 4.42 Å². The lowest BCUT2D eigenvalue weighted by molar-refractivity contribution is -0.402. The SMILES string of the molecule is C=C(C)CN(CC)Cc1ccc([N+](=O)[O-])o1. The highest BCUT2D eigenvalue weighted by Gasteiger charge is 2.13. The highest BCUT2D eigenvalue weighted by atomic mass is 16.6. The van der Waals surface area contributed by atoms with Crippen LogP contribution in [-0.4, -0.2) is 22.9 Å². The zero-order valence-corrected chi connectivity index (χ0v) is 9.60. The summed E-state index contributed by atoms with van der Waals surface area (Å²) in [6.45, 7) is 10.0. The molecule has 0 amide bonds. The van der Waals surface area contributed by atoms with E-state index >= 15 is 0 Å². The van der Waals surface area contributed by atoms with Crippen molar-refractivity contribution in [3.05, 3.63) is 40.2 Å². The van der Waals surface area contributed by atoms with Crippen molar-refractivity contribution in [2.45, 2.75) is 20.4 Å². The first-order chi connectivity index (χ1) is 7.52. The molecule has 0 fully saturated rings. The normalized spacial score (nSPS) is 10.7. The summed E-state index contributed by atoms with van der Waals surface area (Å²) >= 11 is 0. The third-order valence-electron chi connectivity index (χ3n) is 2.15. The van der Waals surface area contributed by atoms with Crippen molar-refractivity contribution in [2.75, 3.05) is 13.1 Å². The average molecular weight is 224 g/mol. The van der Waals surface area contributed by atoms with Crippen LogP contribution in [0.5, 0.6) is 0 Å². The second-order valence-corrected chi connectivity index (χ2v) is 3.76.